The van der Waals surface area contributed by atoms with Crippen molar-refractivity contribution in [2.75, 3.05) is 25.0 Å². The minimum atomic E-state index is -0.230. The number of aryl methyl sites for hydroxylation is 1. The normalized spacial score (nSPS) is 13.5. The monoisotopic (exact) mass is 388 g/mol. The molecule has 1 heterocycles. The van der Waals surface area contributed by atoms with Crippen molar-refractivity contribution in [2.45, 2.75) is 19.8 Å². The van der Waals surface area contributed by atoms with Gasteiger partial charge in [-0.25, -0.2) is 0 Å². The number of amides is 1. The molecule has 2 aromatic rings. The molecule has 1 amide bonds. The van der Waals surface area contributed by atoms with Crippen LogP contribution in [0.1, 0.15) is 24.0 Å². The van der Waals surface area contributed by atoms with Gasteiger partial charge in [-0.2, -0.15) is 0 Å². The van der Waals surface area contributed by atoms with Gasteiger partial charge in [-0.05, 0) is 61.7 Å². The number of rotatable bonds is 5. The van der Waals surface area contributed by atoms with Crippen LogP contribution in [0, 0.1) is 6.92 Å². The van der Waals surface area contributed by atoms with Crippen LogP contribution in [-0.2, 0) is 4.79 Å². The number of hydrogen-bond donors (Lipinski definition) is 1. The highest BCUT2D eigenvalue weighted by atomic mass is 35.5. The lowest BCUT2D eigenvalue weighted by atomic mass is 10.2. The van der Waals surface area contributed by atoms with Crippen molar-refractivity contribution in [3.8, 4) is 5.75 Å². The molecule has 1 fully saturated rings. The largest absolute Gasteiger partial charge is 0.484 e. The topological polar surface area (TPSA) is 41.6 Å². The van der Waals surface area contributed by atoms with Crippen LogP contribution in [0.4, 0.5) is 5.69 Å². The molecule has 0 radical (unpaired) electrons. The van der Waals surface area contributed by atoms with Crippen molar-refractivity contribution in [3.05, 3.63) is 58.6 Å². The van der Waals surface area contributed by atoms with E-state index in [1.165, 1.54) is 12.8 Å². The second kappa shape index (κ2) is 8.52. The molecule has 3 rings (SSSR count). The van der Waals surface area contributed by atoms with E-state index in [1.807, 2.05) is 37.3 Å². The third-order valence-electron chi connectivity index (χ3n) is 4.34. The molecule has 26 heavy (non-hydrogen) atoms. The number of carbonyl (C=O) groups is 1. The summed E-state index contributed by atoms with van der Waals surface area (Å²) < 4.78 is 5.57. The van der Waals surface area contributed by atoms with Crippen LogP contribution in [0.15, 0.2) is 42.5 Å². The summed E-state index contributed by atoms with van der Waals surface area (Å²) in [4.78, 5) is 15.2. The van der Waals surface area contributed by atoms with Crippen LogP contribution in [0.2, 0.25) is 5.02 Å². The highest BCUT2D eigenvalue weighted by Gasteiger charge is 2.16. The molecule has 6 heteroatoms. The molecule has 0 atom stereocenters. The Hall–Kier alpha value is -2.11. The number of anilines is 1. The number of halogens is 1. The molecule has 1 N–H and O–H groups in total. The number of nitrogens with one attached hydrogen (secondary N) is 1. The number of nitrogens with zero attached hydrogens (tertiary/aromatic N) is 1. The summed E-state index contributed by atoms with van der Waals surface area (Å²) in [6.07, 6.45) is 2.39. The van der Waals surface area contributed by atoms with Crippen LogP contribution in [0.25, 0.3) is 0 Å². The standard InChI is InChI=1S/C20H21ClN2O2S/c1-14-4-7-16(21)12-18(14)22-19(24)13-25-17-8-5-15(6-9-17)20(26)23-10-2-3-11-23/h4-9,12H,2-3,10-11,13H2,1H3,(H,22,24). The van der Waals surface area contributed by atoms with Gasteiger partial charge < -0.3 is 15.0 Å². The van der Waals surface area contributed by atoms with E-state index in [-0.39, 0.29) is 12.5 Å². The lowest BCUT2D eigenvalue weighted by Crippen LogP contribution is -2.26. The maximum absolute atomic E-state index is 12.1. The van der Waals surface area contributed by atoms with Crippen LogP contribution >= 0.6 is 23.8 Å². The van der Waals surface area contributed by atoms with Gasteiger partial charge in [0.1, 0.15) is 10.7 Å². The summed E-state index contributed by atoms with van der Waals surface area (Å²) in [7, 11) is 0. The molecule has 0 spiro atoms. The first-order valence-electron chi connectivity index (χ1n) is 8.61. The van der Waals surface area contributed by atoms with Gasteiger partial charge >= 0.3 is 0 Å². The number of benzene rings is 2. The summed E-state index contributed by atoms with van der Waals surface area (Å²) in [6, 6.07) is 12.9. The molecule has 0 bridgehead atoms. The van der Waals surface area contributed by atoms with Gasteiger partial charge in [0.05, 0.1) is 0 Å². The highest BCUT2D eigenvalue weighted by molar-refractivity contribution is 7.80. The van der Waals surface area contributed by atoms with Crippen molar-refractivity contribution >= 4 is 40.4 Å². The fourth-order valence-corrected chi connectivity index (χ4v) is 3.35. The van der Waals surface area contributed by atoms with E-state index in [2.05, 4.69) is 10.2 Å². The second-order valence-corrected chi connectivity index (χ2v) is 7.14. The fourth-order valence-electron chi connectivity index (χ4n) is 2.86. The second-order valence-electron chi connectivity index (χ2n) is 6.32. The molecule has 0 unspecified atom stereocenters. The lowest BCUT2D eigenvalue weighted by molar-refractivity contribution is -0.118. The Balaban J connectivity index is 1.53. The van der Waals surface area contributed by atoms with Gasteiger partial charge in [-0.15, -0.1) is 0 Å². The van der Waals surface area contributed by atoms with E-state index in [9.17, 15) is 4.79 Å². The van der Waals surface area contributed by atoms with Gasteiger partial charge in [-0.1, -0.05) is 29.9 Å². The first kappa shape index (κ1) is 18.7. The minimum absolute atomic E-state index is 0.0676. The van der Waals surface area contributed by atoms with E-state index in [0.29, 0.717) is 16.5 Å². The van der Waals surface area contributed by atoms with Crippen molar-refractivity contribution in [3.63, 3.8) is 0 Å². The Labute approximate surface area is 164 Å². The third-order valence-corrected chi connectivity index (χ3v) is 5.07. The Bertz CT molecular complexity index is 802. The van der Waals surface area contributed by atoms with E-state index in [0.717, 1.165) is 29.2 Å². The maximum Gasteiger partial charge on any atom is 0.262 e. The highest BCUT2D eigenvalue weighted by Crippen LogP contribution is 2.20. The first-order valence-corrected chi connectivity index (χ1v) is 9.40. The molecule has 0 saturated carbocycles. The molecule has 1 aliphatic rings. The molecule has 4 nitrogen and oxygen atoms in total. The summed E-state index contributed by atoms with van der Waals surface area (Å²) in [5.41, 5.74) is 2.65. The van der Waals surface area contributed by atoms with E-state index >= 15 is 0 Å². The molecule has 1 aliphatic heterocycles. The first-order chi connectivity index (χ1) is 12.5. The zero-order valence-electron chi connectivity index (χ0n) is 14.6. The van der Waals surface area contributed by atoms with Crippen LogP contribution < -0.4 is 10.1 Å². The summed E-state index contributed by atoms with van der Waals surface area (Å²) in [5.74, 6) is 0.406. The number of ether oxygens (including phenoxy) is 1. The Morgan fingerprint density at radius 3 is 2.58 bits per heavy atom. The Kier molecular flexibility index (Phi) is 6.12. The Morgan fingerprint density at radius 2 is 1.88 bits per heavy atom. The predicted octanol–water partition coefficient (Wildman–Crippen LogP) is 4.44. The van der Waals surface area contributed by atoms with Crippen molar-refractivity contribution in [1.82, 2.24) is 4.90 Å². The zero-order chi connectivity index (χ0) is 18.5. The fraction of sp³-hybridized carbons (Fsp3) is 0.300. The van der Waals surface area contributed by atoms with E-state index in [4.69, 9.17) is 28.6 Å². The number of likely N-dealkylation sites (tertiary alicyclic amines) is 1. The lowest BCUT2D eigenvalue weighted by Gasteiger charge is -2.18. The minimum Gasteiger partial charge on any atom is -0.484 e. The van der Waals surface area contributed by atoms with Crippen molar-refractivity contribution < 1.29 is 9.53 Å². The van der Waals surface area contributed by atoms with Crippen molar-refractivity contribution in [2.24, 2.45) is 0 Å². The number of thiocarbonyl (C=S) groups is 1. The van der Waals surface area contributed by atoms with Gasteiger partial charge in [0.2, 0.25) is 0 Å². The molecule has 1 saturated heterocycles. The van der Waals surface area contributed by atoms with E-state index in [1.54, 1.807) is 12.1 Å². The van der Waals surface area contributed by atoms with Gasteiger partial charge in [0.15, 0.2) is 6.61 Å². The molecule has 0 aromatic heterocycles. The summed E-state index contributed by atoms with van der Waals surface area (Å²) >= 11 is 11.5. The molecule has 0 aliphatic carbocycles. The summed E-state index contributed by atoms with van der Waals surface area (Å²) in [5, 5.41) is 3.39. The van der Waals surface area contributed by atoms with Crippen LogP contribution in [0.3, 0.4) is 0 Å². The van der Waals surface area contributed by atoms with Crippen LogP contribution in [-0.4, -0.2) is 35.5 Å². The number of hydrogen-bond acceptors (Lipinski definition) is 3. The molecule has 136 valence electrons. The third kappa shape index (κ3) is 4.74. The average Bonchev–Trinajstić information content (AvgIpc) is 3.17. The predicted molar refractivity (Wildman–Crippen MR) is 109 cm³/mol. The van der Waals surface area contributed by atoms with E-state index < -0.39 is 0 Å². The quantitative estimate of drug-likeness (QED) is 0.769. The van der Waals surface area contributed by atoms with Gasteiger partial charge in [0.25, 0.3) is 5.91 Å². The molecular weight excluding hydrogens is 368 g/mol. The number of carbonyl (C=O) groups excluding carboxylic acids is 1. The molecular formula is C20H21ClN2O2S. The zero-order valence-corrected chi connectivity index (χ0v) is 16.2. The van der Waals surface area contributed by atoms with Gasteiger partial charge in [-0.3, -0.25) is 4.79 Å². The van der Waals surface area contributed by atoms with Crippen LogP contribution in [0.5, 0.6) is 5.75 Å². The SMILES string of the molecule is Cc1ccc(Cl)cc1NC(=O)COc1ccc(C(=S)N2CCCC2)cc1. The maximum atomic E-state index is 12.1. The molecule has 2 aromatic carbocycles. The van der Waals surface area contributed by atoms with Gasteiger partial charge in [0, 0.05) is 29.4 Å². The summed E-state index contributed by atoms with van der Waals surface area (Å²) in [6.45, 7) is 3.90. The Morgan fingerprint density at radius 1 is 1.19 bits per heavy atom. The smallest absolute Gasteiger partial charge is 0.262 e. The average molecular weight is 389 g/mol. The van der Waals surface area contributed by atoms with Crippen molar-refractivity contribution in [1.29, 1.82) is 0 Å².